The molecule has 2 bridgehead atoms. The highest BCUT2D eigenvalue weighted by Crippen LogP contribution is 2.27. The van der Waals surface area contributed by atoms with Crippen molar-refractivity contribution < 1.29 is 0 Å². The van der Waals surface area contributed by atoms with E-state index in [1.54, 1.807) is 0 Å². The Morgan fingerprint density at radius 3 is 2.67 bits per heavy atom. The van der Waals surface area contributed by atoms with Gasteiger partial charge in [-0.05, 0) is 51.1 Å². The third kappa shape index (κ3) is 3.11. The van der Waals surface area contributed by atoms with E-state index >= 15 is 0 Å². The molecule has 0 aromatic rings. The third-order valence-electron chi connectivity index (χ3n) is 4.02. The first-order valence-corrected chi connectivity index (χ1v) is 7.57. The standard InChI is InChI=1S/C12H24N2S/c1-10(15-2)3-6-13-12-9-14-7-4-11(12)5-8-14/h10-13H,3-9H2,1-2H3. The van der Waals surface area contributed by atoms with Crippen LogP contribution in [0.3, 0.4) is 0 Å². The fourth-order valence-corrected chi connectivity index (χ4v) is 3.14. The minimum atomic E-state index is 0.793. The summed E-state index contributed by atoms with van der Waals surface area (Å²) in [6, 6.07) is 0.793. The quantitative estimate of drug-likeness (QED) is 0.772. The molecule has 3 heterocycles. The number of hydrogen-bond donors (Lipinski definition) is 1. The van der Waals surface area contributed by atoms with Crippen molar-refractivity contribution in [1.82, 2.24) is 10.2 Å². The predicted molar refractivity (Wildman–Crippen MR) is 68.5 cm³/mol. The van der Waals surface area contributed by atoms with E-state index in [2.05, 4.69) is 23.4 Å². The number of nitrogens with one attached hydrogen (secondary N) is 1. The van der Waals surface area contributed by atoms with Crippen molar-refractivity contribution in [2.75, 3.05) is 32.4 Å². The SMILES string of the molecule is CSC(C)CCNC1CN2CCC1CC2. The van der Waals surface area contributed by atoms with Crippen LogP contribution in [-0.2, 0) is 0 Å². The zero-order valence-corrected chi connectivity index (χ0v) is 10.9. The summed E-state index contributed by atoms with van der Waals surface area (Å²) < 4.78 is 0. The summed E-state index contributed by atoms with van der Waals surface area (Å²) in [5, 5.41) is 4.57. The summed E-state index contributed by atoms with van der Waals surface area (Å²) >= 11 is 1.98. The van der Waals surface area contributed by atoms with Crippen molar-refractivity contribution in [2.45, 2.75) is 37.5 Å². The number of thioether (sulfide) groups is 1. The summed E-state index contributed by atoms with van der Waals surface area (Å²) in [6.07, 6.45) is 6.37. The van der Waals surface area contributed by atoms with E-state index in [4.69, 9.17) is 0 Å². The zero-order chi connectivity index (χ0) is 10.7. The molecule has 2 atom stereocenters. The first kappa shape index (κ1) is 11.7. The molecule has 0 aromatic carbocycles. The topological polar surface area (TPSA) is 15.3 Å². The molecule has 3 rings (SSSR count). The predicted octanol–water partition coefficient (Wildman–Crippen LogP) is 1.81. The second-order valence-electron chi connectivity index (χ2n) is 5.03. The number of fused-ring (bicyclic) bond motifs is 3. The Labute approximate surface area is 98.2 Å². The van der Waals surface area contributed by atoms with Crippen LogP contribution in [0.25, 0.3) is 0 Å². The molecule has 0 saturated carbocycles. The van der Waals surface area contributed by atoms with Crippen LogP contribution in [0.15, 0.2) is 0 Å². The lowest BCUT2D eigenvalue weighted by molar-refractivity contribution is 0.0728. The molecule has 0 aromatic heterocycles. The average molecular weight is 228 g/mol. The van der Waals surface area contributed by atoms with E-state index in [-0.39, 0.29) is 0 Å². The Morgan fingerprint density at radius 1 is 1.40 bits per heavy atom. The number of piperidine rings is 3. The lowest BCUT2D eigenvalue weighted by Crippen LogP contribution is -2.56. The zero-order valence-electron chi connectivity index (χ0n) is 10.0. The van der Waals surface area contributed by atoms with Crippen LogP contribution in [0, 0.1) is 5.92 Å². The normalized spacial score (nSPS) is 36.8. The first-order valence-electron chi connectivity index (χ1n) is 6.28. The van der Waals surface area contributed by atoms with E-state index in [1.807, 2.05) is 11.8 Å². The molecular weight excluding hydrogens is 204 g/mol. The maximum atomic E-state index is 3.76. The van der Waals surface area contributed by atoms with Crippen LogP contribution in [0.1, 0.15) is 26.2 Å². The molecule has 88 valence electrons. The van der Waals surface area contributed by atoms with Gasteiger partial charge in [-0.25, -0.2) is 0 Å². The van der Waals surface area contributed by atoms with Gasteiger partial charge >= 0.3 is 0 Å². The van der Waals surface area contributed by atoms with Crippen molar-refractivity contribution in [3.8, 4) is 0 Å². The van der Waals surface area contributed by atoms with Gasteiger partial charge in [0.2, 0.25) is 0 Å². The molecule has 2 nitrogen and oxygen atoms in total. The van der Waals surface area contributed by atoms with Gasteiger partial charge in [0.05, 0.1) is 0 Å². The van der Waals surface area contributed by atoms with Crippen LogP contribution in [0.5, 0.6) is 0 Å². The lowest BCUT2D eigenvalue weighted by atomic mass is 9.84. The van der Waals surface area contributed by atoms with E-state index in [0.717, 1.165) is 17.2 Å². The summed E-state index contributed by atoms with van der Waals surface area (Å²) in [5.74, 6) is 0.972. The summed E-state index contributed by atoms with van der Waals surface area (Å²) in [7, 11) is 0. The fourth-order valence-electron chi connectivity index (χ4n) is 2.79. The number of rotatable bonds is 5. The highest BCUT2D eigenvalue weighted by molar-refractivity contribution is 7.99. The van der Waals surface area contributed by atoms with Crippen LogP contribution >= 0.6 is 11.8 Å². The first-order chi connectivity index (χ1) is 7.29. The second kappa shape index (κ2) is 5.55. The molecule has 3 saturated heterocycles. The van der Waals surface area contributed by atoms with Gasteiger partial charge in [-0.1, -0.05) is 6.92 Å². The van der Waals surface area contributed by atoms with Crippen molar-refractivity contribution >= 4 is 11.8 Å². The Hall–Kier alpha value is 0.270. The third-order valence-corrected chi connectivity index (χ3v) is 5.06. The van der Waals surface area contributed by atoms with E-state index in [0.29, 0.717) is 0 Å². The molecule has 3 fully saturated rings. The summed E-state index contributed by atoms with van der Waals surface area (Å²) in [5.41, 5.74) is 0. The summed E-state index contributed by atoms with van der Waals surface area (Å²) in [6.45, 7) is 7.53. The summed E-state index contributed by atoms with van der Waals surface area (Å²) in [4.78, 5) is 2.62. The molecule has 3 aliphatic rings. The van der Waals surface area contributed by atoms with Gasteiger partial charge in [0, 0.05) is 17.8 Å². The molecule has 2 unspecified atom stereocenters. The largest absolute Gasteiger partial charge is 0.312 e. The Balaban J connectivity index is 1.67. The monoisotopic (exact) mass is 228 g/mol. The Morgan fingerprint density at radius 2 is 2.13 bits per heavy atom. The average Bonchev–Trinajstić information content (AvgIpc) is 2.30. The molecule has 1 N–H and O–H groups in total. The van der Waals surface area contributed by atoms with Gasteiger partial charge in [-0.2, -0.15) is 11.8 Å². The molecule has 3 heteroatoms. The van der Waals surface area contributed by atoms with Crippen LogP contribution in [0.2, 0.25) is 0 Å². The maximum absolute atomic E-state index is 3.76. The van der Waals surface area contributed by atoms with E-state index in [9.17, 15) is 0 Å². The fraction of sp³-hybridized carbons (Fsp3) is 1.00. The minimum Gasteiger partial charge on any atom is -0.312 e. The molecule has 0 aliphatic carbocycles. The smallest absolute Gasteiger partial charge is 0.0224 e. The van der Waals surface area contributed by atoms with Gasteiger partial charge in [-0.3, -0.25) is 0 Å². The van der Waals surface area contributed by atoms with Crippen molar-refractivity contribution in [1.29, 1.82) is 0 Å². The van der Waals surface area contributed by atoms with Gasteiger partial charge in [-0.15, -0.1) is 0 Å². The molecule has 3 aliphatic heterocycles. The highest BCUT2D eigenvalue weighted by Gasteiger charge is 2.33. The molecule has 0 amide bonds. The molecule has 0 spiro atoms. The minimum absolute atomic E-state index is 0.793. The van der Waals surface area contributed by atoms with Crippen molar-refractivity contribution in [3.63, 3.8) is 0 Å². The number of nitrogens with zero attached hydrogens (tertiary/aromatic N) is 1. The lowest BCUT2D eigenvalue weighted by Gasteiger charge is -2.45. The Bertz CT molecular complexity index is 190. The Kier molecular flexibility index (Phi) is 4.35. The van der Waals surface area contributed by atoms with E-state index < -0.39 is 0 Å². The van der Waals surface area contributed by atoms with Crippen LogP contribution in [-0.4, -0.2) is 48.6 Å². The maximum Gasteiger partial charge on any atom is 0.0224 e. The highest BCUT2D eigenvalue weighted by atomic mass is 32.2. The van der Waals surface area contributed by atoms with Gasteiger partial charge < -0.3 is 10.2 Å². The van der Waals surface area contributed by atoms with E-state index in [1.165, 1.54) is 45.4 Å². The van der Waals surface area contributed by atoms with Gasteiger partial charge in [0.15, 0.2) is 0 Å². The van der Waals surface area contributed by atoms with Gasteiger partial charge in [0.1, 0.15) is 0 Å². The molecular formula is C12H24N2S. The molecule has 15 heavy (non-hydrogen) atoms. The van der Waals surface area contributed by atoms with Crippen molar-refractivity contribution in [2.24, 2.45) is 5.92 Å². The number of hydrogen-bond acceptors (Lipinski definition) is 3. The molecule has 0 radical (unpaired) electrons. The van der Waals surface area contributed by atoms with Crippen LogP contribution in [0.4, 0.5) is 0 Å². The van der Waals surface area contributed by atoms with Crippen LogP contribution < -0.4 is 5.32 Å². The van der Waals surface area contributed by atoms with Gasteiger partial charge in [0.25, 0.3) is 0 Å². The second-order valence-corrected chi connectivity index (χ2v) is 6.31. The van der Waals surface area contributed by atoms with Crippen molar-refractivity contribution in [3.05, 3.63) is 0 Å².